The fraction of sp³-hybridized carbons (Fsp3) is 0.333. The number of nitrogens with two attached hydrogens (primary N) is 1. The lowest BCUT2D eigenvalue weighted by Crippen LogP contribution is -2.34. The Morgan fingerprint density at radius 2 is 2.15 bits per heavy atom. The van der Waals surface area contributed by atoms with Gasteiger partial charge < -0.3 is 10.8 Å². The van der Waals surface area contributed by atoms with Crippen LogP contribution in [-0.4, -0.2) is 37.5 Å². The number of aliphatic hydroxyl groups excluding tert-OH is 1. The first-order valence-electron chi connectivity index (χ1n) is 5.78. The second-order valence-corrected chi connectivity index (χ2v) is 6.78. The van der Waals surface area contributed by atoms with Crippen LogP contribution in [0.4, 0.5) is 4.39 Å². The van der Waals surface area contributed by atoms with Crippen molar-refractivity contribution >= 4 is 26.0 Å². The molecule has 0 aliphatic heterocycles. The quantitative estimate of drug-likeness (QED) is 0.710. The summed E-state index contributed by atoms with van der Waals surface area (Å²) in [6, 6.07) is 2.61. The van der Waals surface area contributed by atoms with E-state index in [1.165, 1.54) is 18.2 Å². The molecule has 0 bridgehead atoms. The van der Waals surface area contributed by atoms with Gasteiger partial charge in [0.2, 0.25) is 10.0 Å². The monoisotopic (exact) mass is 366 g/mol. The van der Waals surface area contributed by atoms with Crippen LogP contribution < -0.4 is 5.73 Å². The van der Waals surface area contributed by atoms with E-state index in [0.717, 1.165) is 4.31 Å². The maximum absolute atomic E-state index is 14.2. The predicted octanol–water partition coefficient (Wildman–Crippen LogP) is 1.22. The maximum Gasteiger partial charge on any atom is 0.246 e. The SMILES string of the molecule is C=CCN(CCO)S(=O)(=O)c1cc(Br)cc(CN)c1F. The van der Waals surface area contributed by atoms with Crippen molar-refractivity contribution in [2.75, 3.05) is 19.7 Å². The Labute approximate surface area is 126 Å². The molecule has 5 nitrogen and oxygen atoms in total. The van der Waals surface area contributed by atoms with Crippen molar-refractivity contribution in [1.29, 1.82) is 0 Å². The summed E-state index contributed by atoms with van der Waals surface area (Å²) in [6.07, 6.45) is 1.37. The second kappa shape index (κ2) is 7.28. The first-order chi connectivity index (χ1) is 9.38. The van der Waals surface area contributed by atoms with Crippen molar-refractivity contribution < 1.29 is 17.9 Å². The van der Waals surface area contributed by atoms with Gasteiger partial charge in [-0.2, -0.15) is 4.31 Å². The van der Waals surface area contributed by atoms with Crippen molar-refractivity contribution in [3.05, 3.63) is 40.6 Å². The smallest absolute Gasteiger partial charge is 0.246 e. The number of aliphatic hydroxyl groups is 1. The Bertz CT molecular complexity index is 593. The van der Waals surface area contributed by atoms with Crippen molar-refractivity contribution in [3.8, 4) is 0 Å². The highest BCUT2D eigenvalue weighted by atomic mass is 79.9. The van der Waals surface area contributed by atoms with Gasteiger partial charge in [-0.05, 0) is 12.1 Å². The first kappa shape index (κ1) is 17.3. The molecule has 1 rings (SSSR count). The molecule has 112 valence electrons. The lowest BCUT2D eigenvalue weighted by molar-refractivity contribution is 0.260. The van der Waals surface area contributed by atoms with Crippen LogP contribution in [0.25, 0.3) is 0 Å². The van der Waals surface area contributed by atoms with Crippen LogP contribution in [0.2, 0.25) is 0 Å². The van der Waals surface area contributed by atoms with Crippen molar-refractivity contribution in [3.63, 3.8) is 0 Å². The van der Waals surface area contributed by atoms with E-state index in [1.807, 2.05) is 0 Å². The summed E-state index contributed by atoms with van der Waals surface area (Å²) in [5.74, 6) is -0.872. The third kappa shape index (κ3) is 3.64. The summed E-state index contributed by atoms with van der Waals surface area (Å²) in [5.41, 5.74) is 5.50. The van der Waals surface area contributed by atoms with Gasteiger partial charge in [0, 0.05) is 29.7 Å². The number of hydrogen-bond donors (Lipinski definition) is 2. The zero-order chi connectivity index (χ0) is 15.3. The third-order valence-electron chi connectivity index (χ3n) is 2.60. The third-order valence-corrected chi connectivity index (χ3v) is 4.92. The van der Waals surface area contributed by atoms with E-state index in [-0.39, 0.29) is 31.8 Å². The van der Waals surface area contributed by atoms with Crippen LogP contribution in [0.5, 0.6) is 0 Å². The summed E-state index contributed by atoms with van der Waals surface area (Å²) in [7, 11) is -4.07. The molecule has 0 heterocycles. The fourth-order valence-electron chi connectivity index (χ4n) is 1.66. The molecule has 1 aromatic rings. The van der Waals surface area contributed by atoms with Crippen molar-refractivity contribution in [1.82, 2.24) is 4.31 Å². The van der Waals surface area contributed by atoms with E-state index in [4.69, 9.17) is 10.8 Å². The number of rotatable bonds is 7. The molecule has 0 aliphatic carbocycles. The van der Waals surface area contributed by atoms with Crippen LogP contribution in [0.15, 0.2) is 34.2 Å². The first-order valence-corrected chi connectivity index (χ1v) is 8.01. The number of benzene rings is 1. The Balaban J connectivity index is 3.40. The van der Waals surface area contributed by atoms with Crippen molar-refractivity contribution in [2.24, 2.45) is 5.73 Å². The molecule has 20 heavy (non-hydrogen) atoms. The van der Waals surface area contributed by atoms with Gasteiger partial charge in [-0.15, -0.1) is 6.58 Å². The minimum atomic E-state index is -4.07. The van der Waals surface area contributed by atoms with Crippen LogP contribution in [0, 0.1) is 5.82 Å². The number of hydrogen-bond acceptors (Lipinski definition) is 4. The molecule has 0 aromatic heterocycles. The van der Waals surface area contributed by atoms with E-state index < -0.39 is 20.7 Å². The van der Waals surface area contributed by atoms with Gasteiger partial charge in [-0.3, -0.25) is 0 Å². The minimum Gasteiger partial charge on any atom is -0.395 e. The van der Waals surface area contributed by atoms with Gasteiger partial charge in [0.05, 0.1) is 6.61 Å². The fourth-order valence-corrected chi connectivity index (χ4v) is 3.85. The zero-order valence-electron chi connectivity index (χ0n) is 10.7. The van der Waals surface area contributed by atoms with E-state index >= 15 is 0 Å². The Morgan fingerprint density at radius 3 is 2.65 bits per heavy atom. The van der Waals surface area contributed by atoms with E-state index in [1.54, 1.807) is 0 Å². The van der Waals surface area contributed by atoms with E-state index in [9.17, 15) is 12.8 Å². The minimum absolute atomic E-state index is 0.0210. The molecular weight excluding hydrogens is 351 g/mol. The number of sulfonamides is 1. The highest BCUT2D eigenvalue weighted by molar-refractivity contribution is 9.10. The second-order valence-electron chi connectivity index (χ2n) is 3.96. The summed E-state index contributed by atoms with van der Waals surface area (Å²) in [6.45, 7) is 2.81. The topological polar surface area (TPSA) is 83.6 Å². The van der Waals surface area contributed by atoms with Gasteiger partial charge in [0.25, 0.3) is 0 Å². The van der Waals surface area contributed by atoms with Gasteiger partial charge in [0.1, 0.15) is 10.7 Å². The summed E-state index contributed by atoms with van der Waals surface area (Å²) < 4.78 is 40.4. The summed E-state index contributed by atoms with van der Waals surface area (Å²) in [4.78, 5) is -0.470. The number of nitrogens with zero attached hydrogens (tertiary/aromatic N) is 1. The molecule has 3 N–H and O–H groups in total. The maximum atomic E-state index is 14.2. The largest absolute Gasteiger partial charge is 0.395 e. The average Bonchev–Trinajstić information content (AvgIpc) is 2.40. The molecule has 0 amide bonds. The highest BCUT2D eigenvalue weighted by Gasteiger charge is 2.28. The normalized spacial score (nSPS) is 11.8. The Morgan fingerprint density at radius 1 is 1.50 bits per heavy atom. The highest BCUT2D eigenvalue weighted by Crippen LogP contribution is 2.26. The van der Waals surface area contributed by atoms with Crippen LogP contribution in [-0.2, 0) is 16.6 Å². The van der Waals surface area contributed by atoms with E-state index in [2.05, 4.69) is 22.5 Å². The molecular formula is C12H16BrFN2O3S. The lowest BCUT2D eigenvalue weighted by Gasteiger charge is -2.20. The van der Waals surface area contributed by atoms with Gasteiger partial charge in [0.15, 0.2) is 0 Å². The number of halogens is 2. The average molecular weight is 367 g/mol. The van der Waals surface area contributed by atoms with E-state index in [0.29, 0.717) is 4.47 Å². The Hall–Kier alpha value is -0.800. The van der Waals surface area contributed by atoms with Crippen LogP contribution in [0.3, 0.4) is 0 Å². The molecule has 0 atom stereocenters. The van der Waals surface area contributed by atoms with Gasteiger partial charge in [-0.25, -0.2) is 12.8 Å². The predicted molar refractivity (Wildman–Crippen MR) is 78.0 cm³/mol. The molecule has 0 radical (unpaired) electrons. The lowest BCUT2D eigenvalue weighted by atomic mass is 10.2. The standard InChI is InChI=1S/C12H16BrFN2O3S/c1-2-3-16(4-5-17)20(18,19)11-7-10(13)6-9(8-15)12(11)14/h2,6-7,17H,1,3-5,8,15H2. The summed E-state index contributed by atoms with van der Waals surface area (Å²) >= 11 is 3.13. The zero-order valence-corrected chi connectivity index (χ0v) is 13.1. The Kier molecular flexibility index (Phi) is 6.28. The van der Waals surface area contributed by atoms with Gasteiger partial charge >= 0.3 is 0 Å². The molecule has 1 aromatic carbocycles. The molecule has 0 saturated heterocycles. The van der Waals surface area contributed by atoms with Crippen LogP contribution >= 0.6 is 15.9 Å². The molecule has 0 saturated carbocycles. The molecule has 0 aliphatic rings. The van der Waals surface area contributed by atoms with Gasteiger partial charge in [-0.1, -0.05) is 22.0 Å². The van der Waals surface area contributed by atoms with Crippen LogP contribution in [0.1, 0.15) is 5.56 Å². The molecule has 0 spiro atoms. The molecule has 0 unspecified atom stereocenters. The van der Waals surface area contributed by atoms with Crippen molar-refractivity contribution in [2.45, 2.75) is 11.4 Å². The molecule has 8 heteroatoms. The molecule has 0 fully saturated rings. The summed E-state index contributed by atoms with van der Waals surface area (Å²) in [5, 5.41) is 8.93.